The van der Waals surface area contributed by atoms with Crippen LogP contribution in [-0.4, -0.2) is 25.4 Å². The van der Waals surface area contributed by atoms with E-state index >= 15 is 0 Å². The second kappa shape index (κ2) is 9.94. The van der Waals surface area contributed by atoms with Gasteiger partial charge in [0, 0.05) is 23.1 Å². The lowest BCUT2D eigenvalue weighted by Gasteiger charge is -2.29. The van der Waals surface area contributed by atoms with Crippen molar-refractivity contribution >= 4 is 55.5 Å². The van der Waals surface area contributed by atoms with Crippen molar-refractivity contribution in [3.8, 4) is 9.88 Å². The van der Waals surface area contributed by atoms with Crippen LogP contribution in [0.5, 0.6) is 0 Å². The molecule has 0 unspecified atom stereocenters. The fourth-order valence-electron chi connectivity index (χ4n) is 3.31. The standard InChI is InChI=1S/C21H22ClNO3S3.C2H6/c1-6-13(22)8-7-12(2)15-11-27-19(23-15)18-14-9-21(3,4)10-16(24)17(14)20(28-18)29(5,25)26;1-2/h6-8,11H,1,9-10H2,2-5H3;1-2H3/b12-7+,13-8+;. The number of carbonyl (C=O) groups is 1. The van der Waals surface area contributed by atoms with Crippen LogP contribution in [0.25, 0.3) is 15.5 Å². The monoisotopic (exact) mass is 497 g/mol. The van der Waals surface area contributed by atoms with Crippen LogP contribution in [0, 0.1) is 5.41 Å². The summed E-state index contributed by atoms with van der Waals surface area (Å²) in [4.78, 5) is 18.3. The first-order chi connectivity index (χ1) is 14.4. The van der Waals surface area contributed by atoms with E-state index in [9.17, 15) is 13.2 Å². The van der Waals surface area contributed by atoms with E-state index in [1.165, 1.54) is 11.3 Å². The van der Waals surface area contributed by atoms with Crippen LogP contribution in [0.15, 0.2) is 39.4 Å². The maximum absolute atomic E-state index is 12.8. The van der Waals surface area contributed by atoms with E-state index in [4.69, 9.17) is 16.6 Å². The molecule has 0 bridgehead atoms. The van der Waals surface area contributed by atoms with E-state index in [-0.39, 0.29) is 15.4 Å². The first-order valence-electron chi connectivity index (χ1n) is 9.94. The molecule has 3 rings (SSSR count). The number of nitrogens with zero attached hydrogens (tertiary/aromatic N) is 1. The summed E-state index contributed by atoms with van der Waals surface area (Å²) in [7, 11) is -3.50. The zero-order chi connectivity index (χ0) is 23.6. The number of allylic oxidation sites excluding steroid dienone is 5. The summed E-state index contributed by atoms with van der Waals surface area (Å²) in [5.41, 5.74) is 2.69. The lowest BCUT2D eigenvalue weighted by molar-refractivity contribution is 0.0910. The fraction of sp³-hybridized carbons (Fsp3) is 0.391. The number of hydrogen-bond donors (Lipinski definition) is 0. The number of sulfone groups is 1. The van der Waals surface area contributed by atoms with E-state index in [1.54, 1.807) is 12.2 Å². The molecule has 168 valence electrons. The van der Waals surface area contributed by atoms with Gasteiger partial charge in [0.1, 0.15) is 9.22 Å². The Labute approximate surface area is 198 Å². The molecule has 0 saturated carbocycles. The molecule has 0 N–H and O–H groups in total. The second-order valence-electron chi connectivity index (χ2n) is 7.93. The molecule has 31 heavy (non-hydrogen) atoms. The number of thiazole rings is 1. The number of halogens is 1. The van der Waals surface area contributed by atoms with Crippen LogP contribution >= 0.6 is 34.3 Å². The van der Waals surface area contributed by atoms with Crippen LogP contribution in [0.1, 0.15) is 62.7 Å². The number of Topliss-reactive ketones (excluding diaryl/α,β-unsaturated/α-hetero) is 1. The molecule has 0 radical (unpaired) electrons. The minimum atomic E-state index is -3.50. The van der Waals surface area contributed by atoms with E-state index in [2.05, 4.69) is 6.58 Å². The fourth-order valence-corrected chi connectivity index (χ4v) is 6.90. The van der Waals surface area contributed by atoms with Crippen molar-refractivity contribution in [1.29, 1.82) is 0 Å². The van der Waals surface area contributed by atoms with Gasteiger partial charge >= 0.3 is 0 Å². The Morgan fingerprint density at radius 2 is 1.90 bits per heavy atom. The molecule has 0 aromatic carbocycles. The number of ketones is 1. The maximum Gasteiger partial charge on any atom is 0.185 e. The molecule has 0 amide bonds. The summed E-state index contributed by atoms with van der Waals surface area (Å²) in [6.45, 7) is 13.6. The quantitative estimate of drug-likeness (QED) is 0.411. The number of hydrogen-bond acceptors (Lipinski definition) is 6. The van der Waals surface area contributed by atoms with Crippen LogP contribution in [0.2, 0.25) is 0 Å². The highest BCUT2D eigenvalue weighted by atomic mass is 35.5. The normalized spacial score (nSPS) is 16.4. The molecule has 0 atom stereocenters. The molecule has 0 aliphatic heterocycles. The summed E-state index contributed by atoms with van der Waals surface area (Å²) < 4.78 is 24.9. The molecule has 1 aliphatic rings. The van der Waals surface area contributed by atoms with Gasteiger partial charge in [0.2, 0.25) is 0 Å². The van der Waals surface area contributed by atoms with Gasteiger partial charge in [0.05, 0.1) is 16.1 Å². The highest BCUT2D eigenvalue weighted by Gasteiger charge is 2.39. The number of rotatable bonds is 5. The third-order valence-electron chi connectivity index (χ3n) is 4.67. The highest BCUT2D eigenvalue weighted by Crippen LogP contribution is 2.47. The number of fused-ring (bicyclic) bond motifs is 1. The Balaban J connectivity index is 0.00000166. The van der Waals surface area contributed by atoms with Crippen molar-refractivity contribution in [3.63, 3.8) is 0 Å². The van der Waals surface area contributed by atoms with Crippen LogP contribution in [-0.2, 0) is 16.3 Å². The number of carbonyl (C=O) groups excluding carboxylic acids is 1. The zero-order valence-corrected chi connectivity index (χ0v) is 21.9. The van der Waals surface area contributed by atoms with Gasteiger partial charge in [-0.3, -0.25) is 4.79 Å². The highest BCUT2D eigenvalue weighted by molar-refractivity contribution is 7.93. The van der Waals surface area contributed by atoms with Gasteiger partial charge in [-0.25, -0.2) is 13.4 Å². The number of thiophene rings is 1. The lowest BCUT2D eigenvalue weighted by atomic mass is 9.74. The first-order valence-corrected chi connectivity index (χ1v) is 13.9. The summed E-state index contributed by atoms with van der Waals surface area (Å²) in [6.07, 6.45) is 7.32. The van der Waals surface area contributed by atoms with E-state index in [0.29, 0.717) is 23.4 Å². The molecule has 4 nitrogen and oxygen atoms in total. The summed E-state index contributed by atoms with van der Waals surface area (Å²) in [5, 5.41) is 3.19. The van der Waals surface area contributed by atoms with Crippen molar-refractivity contribution in [2.24, 2.45) is 5.41 Å². The second-order valence-corrected chi connectivity index (χ2v) is 12.5. The third-order valence-corrected chi connectivity index (χ3v) is 9.01. The van der Waals surface area contributed by atoms with Crippen molar-refractivity contribution in [3.05, 3.63) is 52.0 Å². The van der Waals surface area contributed by atoms with Gasteiger partial charge in [-0.05, 0) is 36.0 Å². The maximum atomic E-state index is 12.8. The third kappa shape index (κ3) is 5.83. The minimum Gasteiger partial charge on any atom is -0.294 e. The molecule has 0 fully saturated rings. The predicted octanol–water partition coefficient (Wildman–Crippen LogP) is 7.17. The van der Waals surface area contributed by atoms with E-state index in [0.717, 1.165) is 44.3 Å². The van der Waals surface area contributed by atoms with Crippen molar-refractivity contribution in [2.45, 2.75) is 51.7 Å². The number of aromatic nitrogens is 1. The molecule has 0 spiro atoms. The predicted molar refractivity (Wildman–Crippen MR) is 134 cm³/mol. The Morgan fingerprint density at radius 3 is 2.48 bits per heavy atom. The average Bonchev–Trinajstić information content (AvgIpc) is 3.31. The van der Waals surface area contributed by atoms with Gasteiger partial charge in [-0.2, -0.15) is 0 Å². The smallest absolute Gasteiger partial charge is 0.185 e. The SMILES string of the molecule is C=C/C(Cl)=C\C=C(/C)c1csc(-c2sc(S(C)(=O)=O)c3c2CC(C)(C)CC3=O)n1.CC. The topological polar surface area (TPSA) is 64.1 Å². The van der Waals surface area contributed by atoms with E-state index in [1.807, 2.05) is 46.1 Å². The molecule has 1 aliphatic carbocycles. The van der Waals surface area contributed by atoms with Crippen LogP contribution < -0.4 is 0 Å². The van der Waals surface area contributed by atoms with Crippen LogP contribution in [0.4, 0.5) is 0 Å². The van der Waals surface area contributed by atoms with Gasteiger partial charge in [0.15, 0.2) is 15.6 Å². The van der Waals surface area contributed by atoms with E-state index < -0.39 is 9.84 Å². The van der Waals surface area contributed by atoms with Gasteiger partial charge in [0.25, 0.3) is 0 Å². The molecule has 2 aromatic rings. The van der Waals surface area contributed by atoms with Crippen molar-refractivity contribution in [1.82, 2.24) is 4.98 Å². The Morgan fingerprint density at radius 1 is 1.26 bits per heavy atom. The van der Waals surface area contributed by atoms with Gasteiger partial charge < -0.3 is 0 Å². The molecular weight excluding hydrogens is 470 g/mol. The van der Waals surface area contributed by atoms with Crippen molar-refractivity contribution < 1.29 is 13.2 Å². The van der Waals surface area contributed by atoms with Crippen molar-refractivity contribution in [2.75, 3.05) is 6.26 Å². The lowest BCUT2D eigenvalue weighted by Crippen LogP contribution is -2.27. The average molecular weight is 498 g/mol. The van der Waals surface area contributed by atoms with Crippen LogP contribution in [0.3, 0.4) is 0 Å². The molecule has 2 aromatic heterocycles. The first kappa shape index (κ1) is 25.7. The molecule has 0 saturated heterocycles. The summed E-state index contributed by atoms with van der Waals surface area (Å²) in [6, 6.07) is 0. The minimum absolute atomic E-state index is 0.101. The Kier molecular flexibility index (Phi) is 8.25. The Bertz CT molecular complexity index is 1160. The molecule has 2 heterocycles. The molecule has 8 heteroatoms. The zero-order valence-electron chi connectivity index (χ0n) is 18.7. The van der Waals surface area contributed by atoms with Gasteiger partial charge in [-0.15, -0.1) is 22.7 Å². The summed E-state index contributed by atoms with van der Waals surface area (Å²) >= 11 is 8.56. The largest absolute Gasteiger partial charge is 0.294 e. The van der Waals surface area contributed by atoms with Gasteiger partial charge in [-0.1, -0.05) is 58.0 Å². The summed E-state index contributed by atoms with van der Waals surface area (Å²) in [5.74, 6) is -0.101. The molecular formula is C23H28ClNO3S3. The Hall–Kier alpha value is -1.54.